The number of nitrogens with one attached hydrogen (secondary N) is 1. The first kappa shape index (κ1) is 13.3. The summed E-state index contributed by atoms with van der Waals surface area (Å²) in [5, 5.41) is 3.12. The van der Waals surface area contributed by atoms with Gasteiger partial charge in [-0.1, -0.05) is 6.42 Å². The van der Waals surface area contributed by atoms with Gasteiger partial charge >= 0.3 is 0 Å². The van der Waals surface area contributed by atoms with E-state index in [4.69, 9.17) is 0 Å². The van der Waals surface area contributed by atoms with E-state index < -0.39 is 0 Å². The van der Waals surface area contributed by atoms with Crippen LogP contribution in [0.2, 0.25) is 0 Å². The van der Waals surface area contributed by atoms with Crippen molar-refractivity contribution in [1.82, 2.24) is 5.32 Å². The van der Waals surface area contributed by atoms with Gasteiger partial charge in [0.05, 0.1) is 0 Å². The van der Waals surface area contributed by atoms with Gasteiger partial charge in [-0.25, -0.2) is 0 Å². The summed E-state index contributed by atoms with van der Waals surface area (Å²) in [6.45, 7) is 2.04. The van der Waals surface area contributed by atoms with Crippen molar-refractivity contribution in [1.29, 1.82) is 0 Å². The lowest BCUT2D eigenvalue weighted by Crippen LogP contribution is -2.07. The van der Waals surface area contributed by atoms with Crippen molar-refractivity contribution in [3.05, 3.63) is 0 Å². The third-order valence-electron chi connectivity index (χ3n) is 2.00. The van der Waals surface area contributed by atoms with Crippen LogP contribution < -0.4 is 5.32 Å². The molecule has 0 aliphatic carbocycles. The van der Waals surface area contributed by atoms with Gasteiger partial charge in [-0.15, -0.1) is 0 Å². The fraction of sp³-hybridized carbons (Fsp3) is 0.818. The molecule has 0 atom stereocenters. The monoisotopic (exact) mass is 198 g/mol. The van der Waals surface area contributed by atoms with E-state index in [-0.39, 0.29) is 0 Å². The lowest BCUT2D eigenvalue weighted by molar-refractivity contribution is -0.107. The summed E-state index contributed by atoms with van der Waals surface area (Å²) in [6.07, 6.45) is 9.10. The molecular weight excluding hydrogens is 176 g/mol. The SMILES string of the molecule is CNCCCCCN=CCCCC=O. The van der Waals surface area contributed by atoms with Crippen LogP contribution in [0.5, 0.6) is 0 Å². The molecule has 0 saturated carbocycles. The Morgan fingerprint density at radius 2 is 2.00 bits per heavy atom. The number of carbonyl (C=O) groups is 1. The zero-order valence-electron chi connectivity index (χ0n) is 9.17. The maximum atomic E-state index is 9.99. The van der Waals surface area contributed by atoms with E-state index in [2.05, 4.69) is 10.3 Å². The van der Waals surface area contributed by atoms with Gasteiger partial charge in [0.15, 0.2) is 0 Å². The van der Waals surface area contributed by atoms with E-state index >= 15 is 0 Å². The van der Waals surface area contributed by atoms with Crippen LogP contribution >= 0.6 is 0 Å². The van der Waals surface area contributed by atoms with Gasteiger partial charge in [0.1, 0.15) is 6.29 Å². The molecule has 0 fully saturated rings. The second-order valence-electron chi connectivity index (χ2n) is 3.35. The number of nitrogens with zero attached hydrogens (tertiary/aromatic N) is 1. The first-order valence-electron chi connectivity index (χ1n) is 5.48. The highest BCUT2D eigenvalue weighted by atomic mass is 16.1. The first-order valence-corrected chi connectivity index (χ1v) is 5.48. The van der Waals surface area contributed by atoms with Gasteiger partial charge < -0.3 is 10.1 Å². The lowest BCUT2D eigenvalue weighted by Gasteiger charge is -1.97. The Bertz CT molecular complexity index is 146. The topological polar surface area (TPSA) is 41.5 Å². The maximum absolute atomic E-state index is 9.99. The molecular formula is C11H22N2O. The molecule has 3 nitrogen and oxygen atoms in total. The van der Waals surface area contributed by atoms with E-state index in [9.17, 15) is 4.79 Å². The molecule has 0 aromatic carbocycles. The van der Waals surface area contributed by atoms with Crippen LogP contribution in [0.1, 0.15) is 38.5 Å². The molecule has 0 saturated heterocycles. The zero-order chi connectivity index (χ0) is 10.5. The summed E-state index contributed by atoms with van der Waals surface area (Å²) in [5.74, 6) is 0. The average Bonchev–Trinajstić information content (AvgIpc) is 2.21. The summed E-state index contributed by atoms with van der Waals surface area (Å²) in [4.78, 5) is 14.3. The minimum absolute atomic E-state index is 0.661. The molecule has 3 heteroatoms. The van der Waals surface area contributed by atoms with Crippen LogP contribution in [-0.2, 0) is 4.79 Å². The minimum Gasteiger partial charge on any atom is -0.320 e. The summed E-state index contributed by atoms with van der Waals surface area (Å²) in [7, 11) is 1.98. The van der Waals surface area contributed by atoms with Crippen LogP contribution in [0, 0.1) is 0 Å². The van der Waals surface area contributed by atoms with Gasteiger partial charge in [0.2, 0.25) is 0 Å². The quantitative estimate of drug-likeness (QED) is 0.330. The van der Waals surface area contributed by atoms with Crippen LogP contribution in [-0.4, -0.2) is 32.6 Å². The predicted molar refractivity (Wildman–Crippen MR) is 61.1 cm³/mol. The molecule has 0 bridgehead atoms. The summed E-state index contributed by atoms with van der Waals surface area (Å²) < 4.78 is 0. The van der Waals surface area contributed by atoms with Gasteiger partial charge in [-0.05, 0) is 45.5 Å². The largest absolute Gasteiger partial charge is 0.320 e. The molecule has 14 heavy (non-hydrogen) atoms. The maximum Gasteiger partial charge on any atom is 0.120 e. The number of rotatable bonds is 10. The van der Waals surface area contributed by atoms with Crippen LogP contribution in [0.3, 0.4) is 0 Å². The van der Waals surface area contributed by atoms with Crippen LogP contribution in [0.25, 0.3) is 0 Å². The number of unbranched alkanes of at least 4 members (excludes halogenated alkanes) is 4. The highest BCUT2D eigenvalue weighted by molar-refractivity contribution is 5.58. The highest BCUT2D eigenvalue weighted by Gasteiger charge is 1.86. The molecule has 0 amide bonds. The summed E-state index contributed by atoms with van der Waals surface area (Å²) in [5.41, 5.74) is 0. The standard InChI is InChI=1S/C11H22N2O/c1-12-8-4-2-5-9-13-10-6-3-7-11-14/h10-12H,2-9H2,1H3. The Hall–Kier alpha value is -0.700. The molecule has 0 heterocycles. The Kier molecular flexibility index (Phi) is 11.7. The second kappa shape index (κ2) is 12.3. The molecule has 0 unspecified atom stereocenters. The van der Waals surface area contributed by atoms with Crippen molar-refractivity contribution in [2.24, 2.45) is 4.99 Å². The molecule has 0 aromatic rings. The normalized spacial score (nSPS) is 10.9. The minimum atomic E-state index is 0.661. The Morgan fingerprint density at radius 1 is 1.14 bits per heavy atom. The van der Waals surface area contributed by atoms with Gasteiger partial charge in [-0.2, -0.15) is 0 Å². The highest BCUT2D eigenvalue weighted by Crippen LogP contribution is 1.94. The van der Waals surface area contributed by atoms with Gasteiger partial charge in [0.25, 0.3) is 0 Å². The van der Waals surface area contributed by atoms with E-state index in [1.165, 1.54) is 19.3 Å². The van der Waals surface area contributed by atoms with Crippen molar-refractivity contribution < 1.29 is 4.79 Å². The number of aldehydes is 1. The fourth-order valence-corrected chi connectivity index (χ4v) is 1.16. The van der Waals surface area contributed by atoms with Crippen molar-refractivity contribution in [2.45, 2.75) is 38.5 Å². The molecule has 0 aromatic heterocycles. The average molecular weight is 198 g/mol. The van der Waals surface area contributed by atoms with Crippen LogP contribution in [0.4, 0.5) is 0 Å². The third kappa shape index (κ3) is 11.3. The van der Waals surface area contributed by atoms with Crippen molar-refractivity contribution in [3.63, 3.8) is 0 Å². The van der Waals surface area contributed by atoms with E-state index in [0.29, 0.717) is 6.42 Å². The fourth-order valence-electron chi connectivity index (χ4n) is 1.16. The summed E-state index contributed by atoms with van der Waals surface area (Å²) in [6, 6.07) is 0. The lowest BCUT2D eigenvalue weighted by atomic mass is 10.2. The van der Waals surface area contributed by atoms with Gasteiger partial charge in [-0.3, -0.25) is 4.99 Å². The Morgan fingerprint density at radius 3 is 2.71 bits per heavy atom. The van der Waals surface area contributed by atoms with Crippen molar-refractivity contribution >= 4 is 12.5 Å². The molecule has 0 aliphatic rings. The second-order valence-corrected chi connectivity index (χ2v) is 3.35. The smallest absolute Gasteiger partial charge is 0.120 e. The third-order valence-corrected chi connectivity index (χ3v) is 2.00. The van der Waals surface area contributed by atoms with Crippen molar-refractivity contribution in [3.8, 4) is 0 Å². The number of hydrogen-bond acceptors (Lipinski definition) is 3. The molecule has 0 spiro atoms. The number of aliphatic imine (C=N–C) groups is 1. The zero-order valence-corrected chi connectivity index (χ0v) is 9.17. The van der Waals surface area contributed by atoms with Crippen LogP contribution in [0.15, 0.2) is 4.99 Å². The molecule has 0 rings (SSSR count). The summed E-state index contributed by atoms with van der Waals surface area (Å²) >= 11 is 0. The molecule has 0 radical (unpaired) electrons. The number of carbonyl (C=O) groups excluding carboxylic acids is 1. The first-order chi connectivity index (χ1) is 6.91. The predicted octanol–water partition coefficient (Wildman–Crippen LogP) is 1.82. The van der Waals surface area contributed by atoms with Crippen molar-refractivity contribution in [2.75, 3.05) is 20.1 Å². The van der Waals surface area contributed by atoms with E-state index in [1.807, 2.05) is 13.3 Å². The Balaban J connectivity index is 2.99. The van der Waals surface area contributed by atoms with E-state index in [1.54, 1.807) is 0 Å². The molecule has 0 aliphatic heterocycles. The van der Waals surface area contributed by atoms with Gasteiger partial charge in [0, 0.05) is 13.0 Å². The van der Waals surface area contributed by atoms with E-state index in [0.717, 1.165) is 32.2 Å². The molecule has 82 valence electrons. The molecule has 1 N–H and O–H groups in total. The number of hydrogen-bond donors (Lipinski definition) is 1. The Labute approximate surface area is 87.0 Å².